The summed E-state index contributed by atoms with van der Waals surface area (Å²) in [5.74, 6) is 0.899. The van der Waals surface area contributed by atoms with Gasteiger partial charge in [-0.2, -0.15) is 0 Å². The van der Waals surface area contributed by atoms with E-state index in [1.165, 1.54) is 11.1 Å². The van der Waals surface area contributed by atoms with Crippen LogP contribution in [0.5, 0.6) is 0 Å². The Morgan fingerprint density at radius 2 is 1.96 bits per heavy atom. The quantitative estimate of drug-likeness (QED) is 0.779. The zero-order valence-electron chi connectivity index (χ0n) is 14.4. The number of benzene rings is 2. The number of hydrogen-bond acceptors (Lipinski definition) is 2. The average Bonchev–Trinajstić information content (AvgIpc) is 2.90. The van der Waals surface area contributed by atoms with E-state index >= 15 is 0 Å². The van der Waals surface area contributed by atoms with Crippen LogP contribution in [-0.4, -0.2) is 15.5 Å². The molecule has 0 saturated heterocycles. The number of aromatic nitrogens is 2. The second-order valence-corrected chi connectivity index (χ2v) is 6.46. The number of carbonyl (C=O) groups excluding carboxylic acids is 1. The third-order valence-corrected chi connectivity index (χ3v) is 4.10. The summed E-state index contributed by atoms with van der Waals surface area (Å²) in [5, 5.41) is 2.97. The minimum absolute atomic E-state index is 0.0281. The minimum atomic E-state index is -0.0281. The van der Waals surface area contributed by atoms with Crippen molar-refractivity contribution in [3.05, 3.63) is 65.5 Å². The number of hydrogen-bond donors (Lipinski definition) is 1. The topological polar surface area (TPSA) is 46.9 Å². The summed E-state index contributed by atoms with van der Waals surface area (Å²) in [7, 11) is 0. The molecule has 0 fully saturated rings. The number of carbonyl (C=O) groups is 1. The van der Waals surface area contributed by atoms with E-state index in [-0.39, 0.29) is 11.8 Å². The zero-order valence-corrected chi connectivity index (χ0v) is 14.4. The van der Waals surface area contributed by atoms with Crippen LogP contribution in [0.4, 0.5) is 0 Å². The van der Waals surface area contributed by atoms with E-state index in [2.05, 4.69) is 47.1 Å². The van der Waals surface area contributed by atoms with Gasteiger partial charge in [-0.3, -0.25) is 4.79 Å². The van der Waals surface area contributed by atoms with E-state index < -0.39 is 0 Å². The van der Waals surface area contributed by atoms with Crippen LogP contribution in [-0.2, 0) is 17.9 Å². The number of imidazole rings is 1. The highest BCUT2D eigenvalue weighted by atomic mass is 16.1. The summed E-state index contributed by atoms with van der Waals surface area (Å²) in [4.78, 5) is 16.6. The number of para-hydroxylation sites is 2. The summed E-state index contributed by atoms with van der Waals surface area (Å²) in [6, 6.07) is 16.6. The Hall–Kier alpha value is -2.62. The molecule has 0 aliphatic rings. The van der Waals surface area contributed by atoms with E-state index in [0.29, 0.717) is 6.54 Å². The molecule has 24 heavy (non-hydrogen) atoms. The van der Waals surface area contributed by atoms with Gasteiger partial charge in [0.2, 0.25) is 5.91 Å². The minimum Gasteiger partial charge on any atom is -0.349 e. The lowest BCUT2D eigenvalue weighted by Crippen LogP contribution is -2.28. The Labute approximate surface area is 142 Å². The third kappa shape index (κ3) is 3.48. The van der Waals surface area contributed by atoms with E-state index in [0.717, 1.165) is 23.4 Å². The van der Waals surface area contributed by atoms with Crippen LogP contribution in [0, 0.1) is 12.8 Å². The molecule has 4 heteroatoms. The van der Waals surface area contributed by atoms with Crippen LogP contribution in [0.3, 0.4) is 0 Å². The van der Waals surface area contributed by atoms with Gasteiger partial charge in [0, 0.05) is 12.5 Å². The standard InChI is InChI=1S/C20H23N3O/c1-14(2)20(24)21-12-19-22-17-9-4-5-10-18(17)23(19)13-16-8-6-7-15(3)11-16/h4-11,14H,12-13H2,1-3H3,(H,21,24). The molecule has 1 aromatic heterocycles. The molecule has 0 aliphatic carbocycles. The molecule has 1 N–H and O–H groups in total. The lowest BCUT2D eigenvalue weighted by molar-refractivity contribution is -0.124. The van der Waals surface area contributed by atoms with E-state index in [4.69, 9.17) is 4.98 Å². The summed E-state index contributed by atoms with van der Waals surface area (Å²) in [5.41, 5.74) is 4.52. The van der Waals surface area contributed by atoms with Crippen molar-refractivity contribution < 1.29 is 4.79 Å². The lowest BCUT2D eigenvalue weighted by Gasteiger charge is -2.12. The Balaban J connectivity index is 1.94. The SMILES string of the molecule is Cc1cccc(Cn2c(CNC(=O)C(C)C)nc3ccccc32)c1. The van der Waals surface area contributed by atoms with Gasteiger partial charge in [0.15, 0.2) is 0 Å². The maximum absolute atomic E-state index is 11.9. The Bertz CT molecular complexity index is 864. The molecular weight excluding hydrogens is 298 g/mol. The first-order valence-corrected chi connectivity index (χ1v) is 8.32. The summed E-state index contributed by atoms with van der Waals surface area (Å²) in [6.07, 6.45) is 0. The van der Waals surface area contributed by atoms with Gasteiger partial charge in [-0.15, -0.1) is 0 Å². The van der Waals surface area contributed by atoms with Crippen LogP contribution >= 0.6 is 0 Å². The molecule has 3 aromatic rings. The first kappa shape index (κ1) is 16.2. The van der Waals surface area contributed by atoms with Crippen molar-refractivity contribution >= 4 is 16.9 Å². The van der Waals surface area contributed by atoms with E-state index in [9.17, 15) is 4.79 Å². The van der Waals surface area contributed by atoms with Crippen LogP contribution < -0.4 is 5.32 Å². The number of nitrogens with zero attached hydrogens (tertiary/aromatic N) is 2. The van der Waals surface area contributed by atoms with Crippen LogP contribution in [0.2, 0.25) is 0 Å². The molecule has 1 heterocycles. The van der Waals surface area contributed by atoms with Crippen molar-refractivity contribution in [1.82, 2.24) is 14.9 Å². The van der Waals surface area contributed by atoms with Gasteiger partial charge in [-0.05, 0) is 24.6 Å². The fourth-order valence-electron chi connectivity index (χ4n) is 2.80. The number of rotatable bonds is 5. The van der Waals surface area contributed by atoms with Crippen molar-refractivity contribution in [3.63, 3.8) is 0 Å². The van der Waals surface area contributed by atoms with Crippen LogP contribution in [0.15, 0.2) is 48.5 Å². The molecule has 0 saturated carbocycles. The molecule has 0 unspecified atom stereocenters. The molecule has 2 aromatic carbocycles. The largest absolute Gasteiger partial charge is 0.349 e. The van der Waals surface area contributed by atoms with Crippen molar-refractivity contribution in [2.75, 3.05) is 0 Å². The molecule has 3 rings (SSSR count). The molecular formula is C20H23N3O. The van der Waals surface area contributed by atoms with E-state index in [1.54, 1.807) is 0 Å². The third-order valence-electron chi connectivity index (χ3n) is 4.10. The number of fused-ring (bicyclic) bond motifs is 1. The summed E-state index contributed by atoms with van der Waals surface area (Å²) < 4.78 is 2.19. The highest BCUT2D eigenvalue weighted by Gasteiger charge is 2.13. The zero-order chi connectivity index (χ0) is 17.1. The lowest BCUT2D eigenvalue weighted by atomic mass is 10.1. The molecule has 4 nitrogen and oxygen atoms in total. The Morgan fingerprint density at radius 1 is 1.17 bits per heavy atom. The second kappa shape index (κ2) is 6.87. The van der Waals surface area contributed by atoms with Crippen molar-refractivity contribution in [2.24, 2.45) is 5.92 Å². The van der Waals surface area contributed by atoms with Gasteiger partial charge in [0.25, 0.3) is 0 Å². The van der Waals surface area contributed by atoms with Crippen LogP contribution in [0.1, 0.15) is 30.8 Å². The average molecular weight is 321 g/mol. The molecule has 1 amide bonds. The van der Waals surface area contributed by atoms with Crippen molar-refractivity contribution in [1.29, 1.82) is 0 Å². The predicted octanol–water partition coefficient (Wildman–Crippen LogP) is 3.67. The first-order chi connectivity index (χ1) is 11.5. The van der Waals surface area contributed by atoms with Gasteiger partial charge >= 0.3 is 0 Å². The molecule has 0 spiro atoms. The van der Waals surface area contributed by atoms with Gasteiger partial charge in [-0.25, -0.2) is 4.98 Å². The van der Waals surface area contributed by atoms with Crippen LogP contribution in [0.25, 0.3) is 11.0 Å². The number of nitrogens with one attached hydrogen (secondary N) is 1. The van der Waals surface area contributed by atoms with Gasteiger partial charge in [0.05, 0.1) is 17.6 Å². The fraction of sp³-hybridized carbons (Fsp3) is 0.300. The number of aryl methyl sites for hydroxylation is 1. The first-order valence-electron chi connectivity index (χ1n) is 8.32. The Kier molecular flexibility index (Phi) is 4.65. The maximum Gasteiger partial charge on any atom is 0.222 e. The predicted molar refractivity (Wildman–Crippen MR) is 96.7 cm³/mol. The normalized spacial score (nSPS) is 11.2. The molecule has 0 atom stereocenters. The van der Waals surface area contributed by atoms with Gasteiger partial charge in [0.1, 0.15) is 5.82 Å². The van der Waals surface area contributed by atoms with Gasteiger partial charge < -0.3 is 9.88 Å². The molecule has 124 valence electrons. The summed E-state index contributed by atoms with van der Waals surface area (Å²) >= 11 is 0. The second-order valence-electron chi connectivity index (χ2n) is 6.46. The Morgan fingerprint density at radius 3 is 2.71 bits per heavy atom. The highest BCUT2D eigenvalue weighted by molar-refractivity contribution is 5.78. The molecule has 0 bridgehead atoms. The highest BCUT2D eigenvalue weighted by Crippen LogP contribution is 2.18. The monoisotopic (exact) mass is 321 g/mol. The fourth-order valence-corrected chi connectivity index (χ4v) is 2.80. The van der Waals surface area contributed by atoms with E-state index in [1.807, 2.05) is 32.0 Å². The molecule has 0 aliphatic heterocycles. The maximum atomic E-state index is 11.9. The van der Waals surface area contributed by atoms with Crippen molar-refractivity contribution in [2.45, 2.75) is 33.9 Å². The number of amides is 1. The smallest absolute Gasteiger partial charge is 0.222 e. The van der Waals surface area contributed by atoms with Gasteiger partial charge in [-0.1, -0.05) is 55.8 Å². The van der Waals surface area contributed by atoms with Crippen molar-refractivity contribution in [3.8, 4) is 0 Å². The molecule has 0 radical (unpaired) electrons. The summed E-state index contributed by atoms with van der Waals surface area (Å²) in [6.45, 7) is 7.07.